The quantitative estimate of drug-likeness (QED) is 0.807. The third-order valence-electron chi connectivity index (χ3n) is 2.71. The maximum absolute atomic E-state index is 11.8. The molecule has 0 heterocycles. The van der Waals surface area contributed by atoms with Gasteiger partial charge in [-0.15, -0.1) is 0 Å². The van der Waals surface area contributed by atoms with E-state index in [9.17, 15) is 9.59 Å². The first-order valence-corrected chi connectivity index (χ1v) is 6.32. The topological polar surface area (TPSA) is 76.1 Å². The van der Waals surface area contributed by atoms with Crippen molar-refractivity contribution in [3.63, 3.8) is 0 Å². The summed E-state index contributed by atoms with van der Waals surface area (Å²) in [4.78, 5) is 23.9. The summed E-state index contributed by atoms with van der Waals surface area (Å²) < 4.78 is 10.7. The van der Waals surface area contributed by atoms with Gasteiger partial charge in [0, 0.05) is 25.7 Å². The predicted molar refractivity (Wildman–Crippen MR) is 78.4 cm³/mol. The summed E-state index contributed by atoms with van der Waals surface area (Å²) in [6, 6.07) is 4.96. The van der Waals surface area contributed by atoms with E-state index in [2.05, 4.69) is 0 Å². The van der Waals surface area contributed by atoms with Crippen LogP contribution in [-0.2, 0) is 9.59 Å². The van der Waals surface area contributed by atoms with Crippen molar-refractivity contribution in [1.82, 2.24) is 4.90 Å². The third-order valence-corrected chi connectivity index (χ3v) is 2.71. The average molecular weight is 293 g/mol. The molecule has 0 aliphatic rings. The van der Waals surface area contributed by atoms with E-state index in [1.54, 1.807) is 39.2 Å². The zero-order valence-corrected chi connectivity index (χ0v) is 12.5. The number of hydrogen-bond donors (Lipinski definition) is 1. The van der Waals surface area contributed by atoms with E-state index in [1.165, 1.54) is 18.1 Å². The lowest BCUT2D eigenvalue weighted by atomic mass is 10.1. The first-order chi connectivity index (χ1) is 9.85. The molecule has 0 saturated carbocycles. The van der Waals surface area contributed by atoms with Gasteiger partial charge in [0.1, 0.15) is 11.5 Å². The lowest BCUT2D eigenvalue weighted by Gasteiger charge is -2.19. The van der Waals surface area contributed by atoms with Crippen molar-refractivity contribution in [3.05, 3.63) is 29.8 Å². The fourth-order valence-electron chi connectivity index (χ4n) is 1.66. The van der Waals surface area contributed by atoms with Crippen molar-refractivity contribution in [2.75, 3.05) is 21.2 Å². The Morgan fingerprint density at radius 2 is 2.00 bits per heavy atom. The molecular weight excluding hydrogens is 274 g/mol. The number of carboxylic acid groups (broad SMARTS) is 1. The van der Waals surface area contributed by atoms with Crippen molar-refractivity contribution in [2.45, 2.75) is 13.0 Å². The van der Waals surface area contributed by atoms with Gasteiger partial charge < -0.3 is 19.5 Å². The molecule has 1 rings (SSSR count). The van der Waals surface area contributed by atoms with Crippen molar-refractivity contribution in [3.8, 4) is 11.5 Å². The maximum atomic E-state index is 11.8. The normalized spacial score (nSPS) is 12.0. The van der Waals surface area contributed by atoms with Crippen LogP contribution in [0.1, 0.15) is 12.5 Å². The molecule has 21 heavy (non-hydrogen) atoms. The second-order valence-corrected chi connectivity index (χ2v) is 4.57. The van der Waals surface area contributed by atoms with Gasteiger partial charge in [0.05, 0.1) is 7.11 Å². The van der Waals surface area contributed by atoms with Crippen LogP contribution >= 0.6 is 0 Å². The summed E-state index contributed by atoms with van der Waals surface area (Å²) in [5.74, 6) is -0.268. The molecule has 0 fully saturated rings. The number of benzene rings is 1. The zero-order chi connectivity index (χ0) is 16.0. The van der Waals surface area contributed by atoms with Crippen LogP contribution in [0, 0.1) is 0 Å². The van der Waals surface area contributed by atoms with E-state index in [0.29, 0.717) is 17.1 Å². The molecule has 0 bridgehead atoms. The molecule has 6 heteroatoms. The number of carbonyl (C=O) groups is 2. The van der Waals surface area contributed by atoms with Crippen molar-refractivity contribution in [1.29, 1.82) is 0 Å². The number of hydrogen-bond acceptors (Lipinski definition) is 4. The number of rotatable bonds is 6. The third kappa shape index (κ3) is 4.83. The minimum atomic E-state index is -1.07. The molecular formula is C15H19NO5. The summed E-state index contributed by atoms with van der Waals surface area (Å²) in [6.45, 7) is 1.64. The molecule has 1 aromatic rings. The SMILES string of the molecule is COc1ccc(OC(C)C(=O)N(C)C)c(/C=C/C(=O)O)c1. The molecule has 1 atom stereocenters. The maximum Gasteiger partial charge on any atom is 0.328 e. The highest BCUT2D eigenvalue weighted by Gasteiger charge is 2.17. The number of aliphatic carboxylic acids is 1. The Morgan fingerprint density at radius 3 is 2.52 bits per heavy atom. The van der Waals surface area contributed by atoms with Gasteiger partial charge >= 0.3 is 5.97 Å². The average Bonchev–Trinajstić information content (AvgIpc) is 2.44. The molecule has 1 unspecified atom stereocenters. The van der Waals surface area contributed by atoms with E-state index < -0.39 is 12.1 Å². The minimum Gasteiger partial charge on any atom is -0.497 e. The number of carboxylic acids is 1. The van der Waals surface area contributed by atoms with Gasteiger partial charge in [-0.05, 0) is 31.2 Å². The van der Waals surface area contributed by atoms with Crippen molar-refractivity contribution in [2.24, 2.45) is 0 Å². The molecule has 1 N–H and O–H groups in total. The second kappa shape index (κ2) is 7.33. The van der Waals surface area contributed by atoms with Crippen molar-refractivity contribution < 1.29 is 24.2 Å². The Balaban J connectivity index is 3.05. The number of nitrogens with zero attached hydrogens (tertiary/aromatic N) is 1. The van der Waals surface area contributed by atoms with Crippen LogP contribution in [0.4, 0.5) is 0 Å². The Hall–Kier alpha value is -2.50. The summed E-state index contributed by atoms with van der Waals surface area (Å²) in [5.41, 5.74) is 0.523. The molecule has 114 valence electrons. The number of methoxy groups -OCH3 is 1. The van der Waals surface area contributed by atoms with Crippen LogP contribution in [0.15, 0.2) is 24.3 Å². The van der Waals surface area contributed by atoms with Crippen LogP contribution in [-0.4, -0.2) is 49.2 Å². The van der Waals surface area contributed by atoms with E-state index in [4.69, 9.17) is 14.6 Å². The van der Waals surface area contributed by atoms with Gasteiger partial charge in [-0.1, -0.05) is 0 Å². The Morgan fingerprint density at radius 1 is 1.33 bits per heavy atom. The van der Waals surface area contributed by atoms with Gasteiger partial charge in [-0.2, -0.15) is 0 Å². The van der Waals surface area contributed by atoms with E-state index >= 15 is 0 Å². The van der Waals surface area contributed by atoms with Gasteiger partial charge in [-0.3, -0.25) is 4.79 Å². The molecule has 0 saturated heterocycles. The molecule has 6 nitrogen and oxygen atoms in total. The largest absolute Gasteiger partial charge is 0.497 e. The highest BCUT2D eigenvalue weighted by atomic mass is 16.5. The van der Waals surface area contributed by atoms with Crippen LogP contribution < -0.4 is 9.47 Å². The van der Waals surface area contributed by atoms with Gasteiger partial charge in [-0.25, -0.2) is 4.79 Å². The number of amides is 1. The first kappa shape index (κ1) is 16.6. The highest BCUT2D eigenvalue weighted by Crippen LogP contribution is 2.26. The minimum absolute atomic E-state index is 0.181. The fourth-order valence-corrected chi connectivity index (χ4v) is 1.66. The lowest BCUT2D eigenvalue weighted by Crippen LogP contribution is -2.35. The Labute approximate surface area is 123 Å². The predicted octanol–water partition coefficient (Wildman–Crippen LogP) is 1.65. The molecule has 0 spiro atoms. The van der Waals surface area contributed by atoms with Gasteiger partial charge in [0.15, 0.2) is 6.10 Å². The smallest absolute Gasteiger partial charge is 0.328 e. The number of carbonyl (C=O) groups excluding carboxylic acids is 1. The summed E-state index contributed by atoms with van der Waals surface area (Å²) >= 11 is 0. The summed E-state index contributed by atoms with van der Waals surface area (Å²) in [7, 11) is 4.79. The van der Waals surface area contributed by atoms with E-state index in [0.717, 1.165) is 6.08 Å². The zero-order valence-electron chi connectivity index (χ0n) is 12.5. The van der Waals surface area contributed by atoms with Gasteiger partial charge in [0.25, 0.3) is 5.91 Å². The lowest BCUT2D eigenvalue weighted by molar-refractivity contribution is -0.135. The molecule has 0 aromatic heterocycles. The molecule has 0 aliphatic heterocycles. The van der Waals surface area contributed by atoms with E-state index in [1.807, 2.05) is 0 Å². The summed E-state index contributed by atoms with van der Waals surface area (Å²) in [6.07, 6.45) is 1.72. The highest BCUT2D eigenvalue weighted by molar-refractivity contribution is 5.86. The van der Waals surface area contributed by atoms with Gasteiger partial charge in [0.2, 0.25) is 0 Å². The molecule has 1 amide bonds. The number of likely N-dealkylation sites (N-methyl/N-ethyl adjacent to an activating group) is 1. The standard InChI is InChI=1S/C15H19NO5/c1-10(15(19)16(2)3)21-13-7-6-12(20-4)9-11(13)5-8-14(17)18/h5-10H,1-4H3,(H,17,18)/b8-5+. The second-order valence-electron chi connectivity index (χ2n) is 4.57. The van der Waals surface area contributed by atoms with Crippen LogP contribution in [0.3, 0.4) is 0 Å². The fraction of sp³-hybridized carbons (Fsp3) is 0.333. The van der Waals surface area contributed by atoms with Crippen molar-refractivity contribution >= 4 is 18.0 Å². The number of ether oxygens (including phenoxy) is 2. The Kier molecular flexibility index (Phi) is 5.78. The molecule has 0 radical (unpaired) electrons. The molecule has 0 aliphatic carbocycles. The van der Waals surface area contributed by atoms with Crippen LogP contribution in [0.25, 0.3) is 6.08 Å². The first-order valence-electron chi connectivity index (χ1n) is 6.32. The summed E-state index contributed by atoms with van der Waals surface area (Å²) in [5, 5.41) is 8.72. The van der Waals surface area contributed by atoms with Crippen LogP contribution in [0.2, 0.25) is 0 Å². The van der Waals surface area contributed by atoms with Crippen LogP contribution in [0.5, 0.6) is 11.5 Å². The van der Waals surface area contributed by atoms with E-state index in [-0.39, 0.29) is 5.91 Å². The monoisotopic (exact) mass is 293 g/mol. The molecule has 1 aromatic carbocycles. The Bertz CT molecular complexity index is 551.